The molecule has 0 rings (SSSR count). The fourth-order valence-electron chi connectivity index (χ4n) is 1.19. The zero-order valence-corrected chi connectivity index (χ0v) is 9.44. The van der Waals surface area contributed by atoms with Gasteiger partial charge in [-0.05, 0) is 26.2 Å². The predicted molar refractivity (Wildman–Crippen MR) is 58.7 cm³/mol. The fourth-order valence-corrected chi connectivity index (χ4v) is 1.19. The molecule has 0 aromatic rings. The van der Waals surface area contributed by atoms with Crippen LogP contribution >= 0.6 is 0 Å². The predicted octanol–water partition coefficient (Wildman–Crippen LogP) is 2.31. The summed E-state index contributed by atoms with van der Waals surface area (Å²) in [7, 11) is 0. The number of rotatable bonds is 10. The molecule has 0 bridgehead atoms. The van der Waals surface area contributed by atoms with Crippen molar-refractivity contribution in [2.75, 3.05) is 0 Å². The first-order valence-corrected chi connectivity index (χ1v) is 5.32. The molecule has 3 heteroatoms. The molecule has 0 aliphatic rings. The number of hydrogen-bond donors (Lipinski definition) is 0. The van der Waals surface area contributed by atoms with Gasteiger partial charge in [-0.15, -0.1) is 0 Å². The number of ether oxygens (including phenoxy) is 1. The van der Waals surface area contributed by atoms with Crippen molar-refractivity contribution in [3.05, 3.63) is 19.3 Å². The summed E-state index contributed by atoms with van der Waals surface area (Å²) in [5.74, 6) is -0.00957. The Morgan fingerprint density at radius 3 is 2.67 bits per heavy atom. The molecule has 0 N–H and O–H groups in total. The summed E-state index contributed by atoms with van der Waals surface area (Å²) in [5.41, 5.74) is 0. The van der Waals surface area contributed by atoms with Gasteiger partial charge in [-0.1, -0.05) is 19.8 Å². The Hall–Kier alpha value is -0.860. The van der Waals surface area contributed by atoms with Crippen molar-refractivity contribution in [2.45, 2.75) is 45.6 Å². The highest BCUT2D eigenvalue weighted by molar-refractivity contribution is 5.86. The third kappa shape index (κ3) is 9.44. The smallest absolute Gasteiger partial charge is 0.293 e. The maximum Gasteiger partial charge on any atom is 0.293 e. The highest BCUT2D eigenvalue weighted by Crippen LogP contribution is 2.11. The van der Waals surface area contributed by atoms with Gasteiger partial charge in [0.1, 0.15) is 11.9 Å². The van der Waals surface area contributed by atoms with E-state index in [-0.39, 0.29) is 11.9 Å². The average Bonchev–Trinajstić information content (AvgIpc) is 2.17. The first kappa shape index (κ1) is 14.1. The number of hydrogen-bond acceptors (Lipinski definition) is 3. The van der Waals surface area contributed by atoms with Gasteiger partial charge in [-0.2, -0.15) is 0 Å². The Kier molecular flexibility index (Phi) is 9.13. The van der Waals surface area contributed by atoms with Crippen molar-refractivity contribution in [1.29, 1.82) is 0 Å². The lowest BCUT2D eigenvalue weighted by molar-refractivity contribution is -0.132. The number of carbonyl (C=O) groups excluding carboxylic acids is 2. The van der Waals surface area contributed by atoms with Crippen molar-refractivity contribution in [2.24, 2.45) is 0 Å². The van der Waals surface area contributed by atoms with E-state index in [4.69, 9.17) is 4.74 Å². The van der Waals surface area contributed by atoms with Crippen LogP contribution in [0.4, 0.5) is 0 Å². The lowest BCUT2D eigenvalue weighted by atomic mass is 10.0. The lowest BCUT2D eigenvalue weighted by Gasteiger charge is -2.13. The standard InChI is InChI=1S/C12H19O3/c1-3-4-5-8-12(15-10-13)9-6-7-11(2)14/h6-7,9-10,12H,3-5,8H2,1-2H3/t12-/m1/s1. The first-order chi connectivity index (χ1) is 7.20. The van der Waals surface area contributed by atoms with Crippen LogP contribution in [-0.2, 0) is 14.3 Å². The molecule has 1 atom stereocenters. The van der Waals surface area contributed by atoms with E-state index in [1.165, 1.54) is 13.3 Å². The number of unbranched alkanes of at least 4 members (excludes halogenated alkanes) is 2. The second-order valence-electron chi connectivity index (χ2n) is 3.43. The fraction of sp³-hybridized carbons (Fsp3) is 0.583. The molecule has 0 fully saturated rings. The van der Waals surface area contributed by atoms with E-state index in [9.17, 15) is 9.59 Å². The molecule has 0 aliphatic carbocycles. The molecule has 85 valence electrons. The summed E-state index contributed by atoms with van der Waals surface area (Å²) in [4.78, 5) is 20.8. The number of Topliss-reactive ketones (excluding diaryl/α,β-unsaturated/α-hetero) is 1. The zero-order valence-electron chi connectivity index (χ0n) is 9.44. The molecular formula is C12H19O3. The maximum atomic E-state index is 10.6. The van der Waals surface area contributed by atoms with Crippen molar-refractivity contribution in [3.63, 3.8) is 0 Å². The summed E-state index contributed by atoms with van der Waals surface area (Å²) < 4.78 is 4.87. The van der Waals surface area contributed by atoms with Crippen LogP contribution in [-0.4, -0.2) is 18.4 Å². The molecule has 0 unspecified atom stereocenters. The maximum absolute atomic E-state index is 10.6. The monoisotopic (exact) mass is 211 g/mol. The van der Waals surface area contributed by atoms with E-state index < -0.39 is 0 Å². The molecule has 0 aromatic heterocycles. The van der Waals surface area contributed by atoms with Crippen LogP contribution in [0, 0.1) is 19.3 Å². The van der Waals surface area contributed by atoms with Gasteiger partial charge in [0.05, 0.1) is 0 Å². The molecule has 0 amide bonds. The van der Waals surface area contributed by atoms with Crippen molar-refractivity contribution in [3.8, 4) is 0 Å². The quantitative estimate of drug-likeness (QED) is 0.411. The van der Waals surface area contributed by atoms with Gasteiger partial charge in [0, 0.05) is 12.8 Å². The van der Waals surface area contributed by atoms with Gasteiger partial charge >= 0.3 is 0 Å². The van der Waals surface area contributed by atoms with Crippen molar-refractivity contribution >= 4 is 12.3 Å². The summed E-state index contributed by atoms with van der Waals surface area (Å²) >= 11 is 0. The average molecular weight is 211 g/mol. The molecule has 3 nitrogen and oxygen atoms in total. The van der Waals surface area contributed by atoms with Crippen LogP contribution in [0.3, 0.4) is 0 Å². The van der Waals surface area contributed by atoms with Gasteiger partial charge < -0.3 is 4.74 Å². The van der Waals surface area contributed by atoms with Gasteiger partial charge in [-0.3, -0.25) is 9.59 Å². The van der Waals surface area contributed by atoms with Gasteiger partial charge in [0.15, 0.2) is 0 Å². The molecule has 0 spiro atoms. The molecule has 15 heavy (non-hydrogen) atoms. The van der Waals surface area contributed by atoms with Crippen LogP contribution in [0.25, 0.3) is 0 Å². The van der Waals surface area contributed by atoms with Crippen molar-refractivity contribution < 1.29 is 14.3 Å². The second kappa shape index (κ2) is 9.69. The second-order valence-corrected chi connectivity index (χ2v) is 3.43. The number of carbonyl (C=O) groups is 2. The van der Waals surface area contributed by atoms with Gasteiger partial charge in [0.25, 0.3) is 6.47 Å². The highest BCUT2D eigenvalue weighted by atomic mass is 16.5. The van der Waals surface area contributed by atoms with Crippen LogP contribution in [0.1, 0.15) is 39.5 Å². The zero-order chi connectivity index (χ0) is 11.5. The van der Waals surface area contributed by atoms with E-state index >= 15 is 0 Å². The first-order valence-electron chi connectivity index (χ1n) is 5.32. The highest BCUT2D eigenvalue weighted by Gasteiger charge is 2.09. The lowest BCUT2D eigenvalue weighted by Crippen LogP contribution is -2.13. The van der Waals surface area contributed by atoms with Crippen molar-refractivity contribution in [1.82, 2.24) is 0 Å². The Balaban J connectivity index is 3.62. The third-order valence-corrected chi connectivity index (χ3v) is 1.98. The van der Waals surface area contributed by atoms with Crippen LogP contribution in [0.2, 0.25) is 0 Å². The van der Waals surface area contributed by atoms with Crippen LogP contribution < -0.4 is 0 Å². The number of ketones is 1. The molecule has 0 saturated heterocycles. The Morgan fingerprint density at radius 1 is 1.40 bits per heavy atom. The summed E-state index contributed by atoms with van der Waals surface area (Å²) in [5, 5.41) is 0. The molecular weight excluding hydrogens is 192 g/mol. The molecule has 0 saturated carbocycles. The minimum atomic E-state index is -0.204. The SMILES string of the molecule is CCCCC[C@H]([CH][CH][CH]C(C)=O)OC=O. The van der Waals surface area contributed by atoms with Gasteiger partial charge in [-0.25, -0.2) is 0 Å². The Morgan fingerprint density at radius 2 is 2.13 bits per heavy atom. The van der Waals surface area contributed by atoms with Crippen LogP contribution in [0.15, 0.2) is 0 Å². The van der Waals surface area contributed by atoms with E-state index in [2.05, 4.69) is 6.92 Å². The minimum absolute atomic E-state index is 0.00957. The normalized spacial score (nSPS) is 12.1. The summed E-state index contributed by atoms with van der Waals surface area (Å²) in [6, 6.07) is 0. The van der Waals surface area contributed by atoms with E-state index in [0.717, 1.165) is 25.7 Å². The molecule has 3 radical (unpaired) electrons. The molecule has 0 heterocycles. The Labute approximate surface area is 92.2 Å². The topological polar surface area (TPSA) is 43.4 Å². The summed E-state index contributed by atoms with van der Waals surface area (Å²) in [6.45, 7) is 4.06. The van der Waals surface area contributed by atoms with Crippen LogP contribution in [0.5, 0.6) is 0 Å². The Bertz CT molecular complexity index is 178. The summed E-state index contributed by atoms with van der Waals surface area (Å²) in [6.07, 6.45) is 8.74. The van der Waals surface area contributed by atoms with Gasteiger partial charge in [0.2, 0.25) is 0 Å². The van der Waals surface area contributed by atoms with E-state index in [0.29, 0.717) is 6.47 Å². The third-order valence-electron chi connectivity index (χ3n) is 1.98. The minimum Gasteiger partial charge on any atom is -0.464 e. The molecule has 0 aromatic carbocycles. The van der Waals surface area contributed by atoms with E-state index in [1.807, 2.05) is 0 Å². The molecule has 0 aliphatic heterocycles. The largest absolute Gasteiger partial charge is 0.464 e. The van der Waals surface area contributed by atoms with E-state index in [1.54, 1.807) is 12.8 Å².